The molecule has 1 aromatic carbocycles. The van der Waals surface area contributed by atoms with E-state index in [9.17, 15) is 14.4 Å². The summed E-state index contributed by atoms with van der Waals surface area (Å²) in [6, 6.07) is 5.55. The van der Waals surface area contributed by atoms with Gasteiger partial charge in [0.25, 0.3) is 0 Å². The predicted molar refractivity (Wildman–Crippen MR) is 69.1 cm³/mol. The van der Waals surface area contributed by atoms with Crippen molar-refractivity contribution in [1.29, 1.82) is 0 Å². The molecule has 0 unspecified atom stereocenters. The van der Waals surface area contributed by atoms with Crippen LogP contribution in [0, 0.1) is 0 Å². The summed E-state index contributed by atoms with van der Waals surface area (Å²) < 4.78 is 0. The summed E-state index contributed by atoms with van der Waals surface area (Å²) in [4.78, 5) is 34.7. The van der Waals surface area contributed by atoms with E-state index in [2.05, 4.69) is 5.32 Å². The lowest BCUT2D eigenvalue weighted by atomic mass is 10.0. The van der Waals surface area contributed by atoms with Crippen molar-refractivity contribution < 1.29 is 14.4 Å². The third-order valence-corrected chi connectivity index (χ3v) is 3.04. The Labute approximate surface area is 110 Å². The van der Waals surface area contributed by atoms with E-state index >= 15 is 0 Å². The van der Waals surface area contributed by atoms with Crippen LogP contribution in [0.15, 0.2) is 18.2 Å². The Morgan fingerprint density at radius 1 is 1.37 bits per heavy atom. The average molecular weight is 261 g/mol. The number of nitrogens with two attached hydrogens (primary N) is 1. The number of amides is 3. The van der Waals surface area contributed by atoms with Gasteiger partial charge in [-0.05, 0) is 23.6 Å². The van der Waals surface area contributed by atoms with Crippen molar-refractivity contribution >= 4 is 23.4 Å². The summed E-state index contributed by atoms with van der Waals surface area (Å²) in [6.45, 7) is 0.309. The van der Waals surface area contributed by atoms with Crippen LogP contribution in [0.3, 0.4) is 0 Å². The first-order valence-electron chi connectivity index (χ1n) is 5.94. The molecule has 3 N–H and O–H groups in total. The minimum atomic E-state index is -0.965. The second-order valence-electron chi connectivity index (χ2n) is 4.57. The number of hydrogen-bond donors (Lipinski definition) is 2. The fraction of sp³-hybridized carbons (Fsp3) is 0.308. The van der Waals surface area contributed by atoms with Gasteiger partial charge < -0.3 is 16.0 Å². The van der Waals surface area contributed by atoms with Crippen molar-refractivity contribution in [2.75, 3.05) is 12.4 Å². The van der Waals surface area contributed by atoms with Crippen molar-refractivity contribution in [3.63, 3.8) is 0 Å². The van der Waals surface area contributed by atoms with Gasteiger partial charge in [0.1, 0.15) is 0 Å². The highest BCUT2D eigenvalue weighted by molar-refractivity contribution is 6.34. The highest BCUT2D eigenvalue weighted by atomic mass is 16.2. The molecule has 100 valence electrons. The van der Waals surface area contributed by atoms with Crippen LogP contribution in [0.1, 0.15) is 17.5 Å². The van der Waals surface area contributed by atoms with Crippen LogP contribution in [-0.2, 0) is 27.3 Å². The maximum absolute atomic E-state index is 11.4. The van der Waals surface area contributed by atoms with Crippen molar-refractivity contribution in [2.24, 2.45) is 5.73 Å². The minimum absolute atomic E-state index is 0.0151. The van der Waals surface area contributed by atoms with Crippen LogP contribution in [-0.4, -0.2) is 29.7 Å². The molecule has 1 aliphatic rings. The second kappa shape index (κ2) is 5.09. The number of anilines is 1. The van der Waals surface area contributed by atoms with E-state index in [0.717, 1.165) is 16.8 Å². The van der Waals surface area contributed by atoms with Gasteiger partial charge >= 0.3 is 11.8 Å². The monoisotopic (exact) mass is 261 g/mol. The molecule has 0 aromatic heterocycles. The van der Waals surface area contributed by atoms with Crippen molar-refractivity contribution in [2.45, 2.75) is 19.4 Å². The molecule has 0 aliphatic carbocycles. The van der Waals surface area contributed by atoms with Gasteiger partial charge in [-0.3, -0.25) is 14.4 Å². The first kappa shape index (κ1) is 13.1. The molecule has 6 nitrogen and oxygen atoms in total. The fourth-order valence-corrected chi connectivity index (χ4v) is 2.07. The number of carbonyl (C=O) groups excluding carboxylic acids is 3. The maximum atomic E-state index is 11.4. The van der Waals surface area contributed by atoms with E-state index in [0.29, 0.717) is 19.4 Å². The zero-order valence-electron chi connectivity index (χ0n) is 10.6. The van der Waals surface area contributed by atoms with Gasteiger partial charge in [-0.1, -0.05) is 12.1 Å². The SMILES string of the molecule is CN(Cc1ccc2c(c1)CCC(=O)N2)C(=O)C(N)=O. The Kier molecular flexibility index (Phi) is 3.50. The smallest absolute Gasteiger partial charge is 0.311 e. The first-order valence-corrected chi connectivity index (χ1v) is 5.94. The molecule has 0 saturated heterocycles. The van der Waals surface area contributed by atoms with Gasteiger partial charge in [-0.25, -0.2) is 0 Å². The number of hydrogen-bond acceptors (Lipinski definition) is 3. The number of aryl methyl sites for hydroxylation is 1. The quantitative estimate of drug-likeness (QED) is 0.735. The predicted octanol–water partition coefficient (Wildman–Crippen LogP) is 0.0150. The number of likely N-dealkylation sites (N-methyl/N-ethyl adjacent to an activating group) is 1. The van der Waals surface area contributed by atoms with Crippen molar-refractivity contribution in [1.82, 2.24) is 4.90 Å². The average Bonchev–Trinajstić information content (AvgIpc) is 2.37. The number of fused-ring (bicyclic) bond motifs is 1. The zero-order chi connectivity index (χ0) is 14.0. The molecule has 2 rings (SSSR count). The summed E-state index contributed by atoms with van der Waals surface area (Å²) in [5, 5.41) is 2.79. The number of benzene rings is 1. The minimum Gasteiger partial charge on any atom is -0.361 e. The molecular formula is C13H15N3O3. The second-order valence-corrected chi connectivity index (χ2v) is 4.57. The van der Waals surface area contributed by atoms with E-state index in [1.165, 1.54) is 11.9 Å². The number of primary amides is 1. The molecule has 0 bridgehead atoms. The van der Waals surface area contributed by atoms with E-state index in [-0.39, 0.29) is 5.91 Å². The van der Waals surface area contributed by atoms with Crippen molar-refractivity contribution in [3.05, 3.63) is 29.3 Å². The van der Waals surface area contributed by atoms with Crippen LogP contribution < -0.4 is 11.1 Å². The normalized spacial score (nSPS) is 13.4. The van der Waals surface area contributed by atoms with Gasteiger partial charge in [0.15, 0.2) is 0 Å². The van der Waals surface area contributed by atoms with E-state index in [4.69, 9.17) is 5.73 Å². The van der Waals surface area contributed by atoms with Gasteiger partial charge in [0.2, 0.25) is 5.91 Å². The van der Waals surface area contributed by atoms with E-state index < -0.39 is 11.8 Å². The molecule has 3 amide bonds. The van der Waals surface area contributed by atoms with Gasteiger partial charge in [-0.15, -0.1) is 0 Å². The zero-order valence-corrected chi connectivity index (χ0v) is 10.6. The largest absolute Gasteiger partial charge is 0.361 e. The Hall–Kier alpha value is -2.37. The molecule has 0 saturated carbocycles. The molecule has 6 heteroatoms. The Morgan fingerprint density at radius 3 is 2.79 bits per heavy atom. The summed E-state index contributed by atoms with van der Waals surface area (Å²) in [6.07, 6.45) is 1.15. The first-order chi connectivity index (χ1) is 8.97. The van der Waals surface area contributed by atoms with E-state index in [1.54, 1.807) is 0 Å². The molecule has 0 atom stereocenters. The number of nitrogens with zero attached hydrogens (tertiary/aromatic N) is 1. The van der Waals surface area contributed by atoms with Crippen LogP contribution in [0.4, 0.5) is 5.69 Å². The molecule has 0 fully saturated rings. The standard InChI is InChI=1S/C13H15N3O3/c1-16(13(19)12(14)18)7-8-2-4-10-9(6-8)3-5-11(17)15-10/h2,4,6H,3,5,7H2,1H3,(H2,14,18)(H,15,17). The third-order valence-electron chi connectivity index (χ3n) is 3.04. The van der Waals surface area contributed by atoms with Crippen LogP contribution in [0.2, 0.25) is 0 Å². The van der Waals surface area contributed by atoms with Crippen LogP contribution in [0.5, 0.6) is 0 Å². The third kappa shape index (κ3) is 2.90. The van der Waals surface area contributed by atoms with Gasteiger partial charge in [0, 0.05) is 25.7 Å². The van der Waals surface area contributed by atoms with Crippen LogP contribution >= 0.6 is 0 Å². The highest BCUT2D eigenvalue weighted by Crippen LogP contribution is 2.23. The molecule has 1 aromatic rings. The van der Waals surface area contributed by atoms with E-state index in [1.807, 2.05) is 18.2 Å². The number of rotatable bonds is 2. The maximum Gasteiger partial charge on any atom is 0.311 e. The molecule has 1 aliphatic heterocycles. The number of carbonyl (C=O) groups is 3. The Morgan fingerprint density at radius 2 is 2.11 bits per heavy atom. The molecule has 0 radical (unpaired) electrons. The lowest BCUT2D eigenvalue weighted by molar-refractivity contribution is -0.143. The Bertz CT molecular complexity index is 554. The van der Waals surface area contributed by atoms with Crippen molar-refractivity contribution in [3.8, 4) is 0 Å². The van der Waals surface area contributed by atoms with Crippen LogP contribution in [0.25, 0.3) is 0 Å². The summed E-state index contributed by atoms with van der Waals surface area (Å²) in [5.74, 6) is -1.67. The lowest BCUT2D eigenvalue weighted by Gasteiger charge is -2.20. The summed E-state index contributed by atoms with van der Waals surface area (Å²) in [5.41, 5.74) is 7.68. The number of nitrogens with one attached hydrogen (secondary N) is 1. The Balaban J connectivity index is 2.12. The molecule has 19 heavy (non-hydrogen) atoms. The topological polar surface area (TPSA) is 92.5 Å². The summed E-state index contributed by atoms with van der Waals surface area (Å²) >= 11 is 0. The highest BCUT2D eigenvalue weighted by Gasteiger charge is 2.17. The van der Waals surface area contributed by atoms with Gasteiger partial charge in [-0.2, -0.15) is 0 Å². The van der Waals surface area contributed by atoms with Gasteiger partial charge in [0.05, 0.1) is 0 Å². The fourth-order valence-electron chi connectivity index (χ4n) is 2.07. The molecular weight excluding hydrogens is 246 g/mol. The lowest BCUT2D eigenvalue weighted by Crippen LogP contribution is -2.37. The molecule has 1 heterocycles. The molecule has 0 spiro atoms. The summed E-state index contributed by atoms with van der Waals surface area (Å²) in [7, 11) is 1.52.